The smallest absolute Gasteiger partial charge is 0.295 e. The number of carbonyl (C=O) groups excluding carboxylic acids is 2. The number of nitrogens with zero attached hydrogens (tertiary/aromatic N) is 2. The third-order valence-electron chi connectivity index (χ3n) is 6.29. The maximum Gasteiger partial charge on any atom is 0.295 e. The number of aliphatic hydroxyl groups excluding tert-OH is 1. The molecule has 1 aromatic heterocycles. The van der Waals surface area contributed by atoms with E-state index in [4.69, 9.17) is 9.15 Å². The second-order valence-corrected chi connectivity index (χ2v) is 8.34. The van der Waals surface area contributed by atoms with Gasteiger partial charge in [0.25, 0.3) is 11.7 Å². The number of amides is 1. The Bertz CT molecular complexity index is 1020. The molecule has 1 saturated heterocycles. The molecule has 1 aromatic carbocycles. The lowest BCUT2D eigenvalue weighted by atomic mass is 9.97. The van der Waals surface area contributed by atoms with Gasteiger partial charge in [-0.05, 0) is 68.9 Å². The molecule has 7 heteroatoms. The Morgan fingerprint density at radius 3 is 2.69 bits per heavy atom. The summed E-state index contributed by atoms with van der Waals surface area (Å²) in [7, 11) is 0. The minimum absolute atomic E-state index is 0.0692. The van der Waals surface area contributed by atoms with Crippen molar-refractivity contribution in [2.24, 2.45) is 0 Å². The van der Waals surface area contributed by atoms with Crippen LogP contribution in [0.4, 0.5) is 0 Å². The monoisotopic (exact) mass is 438 g/mol. The zero-order valence-electron chi connectivity index (χ0n) is 18.8. The fourth-order valence-electron chi connectivity index (χ4n) is 4.58. The Balaban J connectivity index is 1.68. The lowest BCUT2D eigenvalue weighted by Gasteiger charge is -2.25. The van der Waals surface area contributed by atoms with E-state index in [1.165, 1.54) is 11.2 Å². The molecule has 0 bridgehead atoms. The van der Waals surface area contributed by atoms with Gasteiger partial charge in [-0.3, -0.25) is 9.59 Å². The Kier molecular flexibility index (Phi) is 6.37. The summed E-state index contributed by atoms with van der Waals surface area (Å²) in [6.07, 6.45) is 3.04. The van der Waals surface area contributed by atoms with E-state index in [1.54, 1.807) is 24.3 Å². The molecule has 1 amide bonds. The highest BCUT2D eigenvalue weighted by Gasteiger charge is 2.47. The number of hydrogen-bond donors (Lipinski definition) is 1. The van der Waals surface area contributed by atoms with Crippen molar-refractivity contribution in [3.63, 3.8) is 0 Å². The summed E-state index contributed by atoms with van der Waals surface area (Å²) in [5, 5.41) is 11.2. The summed E-state index contributed by atoms with van der Waals surface area (Å²) in [5.41, 5.74) is 1.54. The van der Waals surface area contributed by atoms with E-state index in [-0.39, 0.29) is 17.4 Å². The van der Waals surface area contributed by atoms with Crippen molar-refractivity contribution in [2.75, 3.05) is 26.2 Å². The van der Waals surface area contributed by atoms with Crippen LogP contribution in [0, 0.1) is 0 Å². The minimum Gasteiger partial charge on any atom is -0.507 e. The van der Waals surface area contributed by atoms with E-state index in [0.29, 0.717) is 17.9 Å². The molecule has 170 valence electrons. The molecular formula is C25H30N2O5. The number of Topliss-reactive ketones (excluding diaryl/α,β-unsaturated/α-hetero) is 1. The van der Waals surface area contributed by atoms with Gasteiger partial charge in [0.2, 0.25) is 0 Å². The van der Waals surface area contributed by atoms with Crippen molar-refractivity contribution >= 4 is 17.4 Å². The van der Waals surface area contributed by atoms with Gasteiger partial charge in [-0.1, -0.05) is 13.8 Å². The van der Waals surface area contributed by atoms with Crippen LogP contribution in [0.25, 0.3) is 5.76 Å². The van der Waals surface area contributed by atoms with Crippen molar-refractivity contribution in [2.45, 2.75) is 45.8 Å². The van der Waals surface area contributed by atoms with Gasteiger partial charge in [0, 0.05) is 18.5 Å². The Labute approximate surface area is 188 Å². The van der Waals surface area contributed by atoms with Gasteiger partial charge in [-0.25, -0.2) is 0 Å². The molecule has 2 aromatic rings. The summed E-state index contributed by atoms with van der Waals surface area (Å²) < 4.78 is 11.3. The first-order valence-corrected chi connectivity index (χ1v) is 11.3. The number of carbonyl (C=O) groups is 2. The maximum absolute atomic E-state index is 13.0. The number of benzene rings is 1. The normalized spacial score (nSPS) is 21.9. The molecule has 32 heavy (non-hydrogen) atoms. The summed E-state index contributed by atoms with van der Waals surface area (Å²) in [6.45, 7) is 9.26. The second-order valence-electron chi connectivity index (χ2n) is 8.34. The molecule has 0 saturated carbocycles. The quantitative estimate of drug-likeness (QED) is 0.384. The average molecular weight is 439 g/mol. The highest BCUT2D eigenvalue weighted by molar-refractivity contribution is 6.46. The second kappa shape index (κ2) is 9.20. The highest BCUT2D eigenvalue weighted by atomic mass is 16.5. The largest absolute Gasteiger partial charge is 0.507 e. The highest BCUT2D eigenvalue weighted by Crippen LogP contribution is 2.40. The van der Waals surface area contributed by atoms with Crippen LogP contribution in [-0.2, 0) is 16.0 Å². The van der Waals surface area contributed by atoms with Crippen molar-refractivity contribution in [3.8, 4) is 5.75 Å². The average Bonchev–Trinajstić information content (AvgIpc) is 3.49. The zero-order chi connectivity index (χ0) is 22.8. The van der Waals surface area contributed by atoms with E-state index in [1.807, 2.05) is 13.0 Å². The molecule has 2 atom stereocenters. The first-order valence-electron chi connectivity index (χ1n) is 11.3. The number of fused-ring (bicyclic) bond motifs is 1. The van der Waals surface area contributed by atoms with E-state index in [0.717, 1.165) is 43.8 Å². The zero-order valence-corrected chi connectivity index (χ0v) is 18.8. The van der Waals surface area contributed by atoms with Crippen molar-refractivity contribution < 1.29 is 23.8 Å². The Hall–Kier alpha value is -3.06. The lowest BCUT2D eigenvalue weighted by Crippen LogP contribution is -2.33. The molecule has 4 rings (SSSR count). The summed E-state index contributed by atoms with van der Waals surface area (Å²) in [5.74, 6) is -0.221. The van der Waals surface area contributed by atoms with Gasteiger partial charge < -0.3 is 24.1 Å². The topological polar surface area (TPSA) is 83.2 Å². The van der Waals surface area contributed by atoms with Crippen LogP contribution < -0.4 is 4.74 Å². The first kappa shape index (κ1) is 22.1. The number of rotatable bonds is 8. The predicted octanol–water partition coefficient (Wildman–Crippen LogP) is 3.76. The summed E-state index contributed by atoms with van der Waals surface area (Å²) in [4.78, 5) is 29.8. The molecule has 0 spiro atoms. The molecule has 2 aliphatic rings. The number of ether oxygens (including phenoxy) is 1. The number of aliphatic hydroxyl groups is 1. The number of furan rings is 1. The summed E-state index contributed by atoms with van der Waals surface area (Å²) in [6, 6.07) is 8.07. The first-order chi connectivity index (χ1) is 15.4. The van der Waals surface area contributed by atoms with E-state index in [2.05, 4.69) is 18.7 Å². The maximum atomic E-state index is 13.0. The van der Waals surface area contributed by atoms with Gasteiger partial charge >= 0.3 is 0 Å². The molecule has 3 heterocycles. The number of ketones is 1. The van der Waals surface area contributed by atoms with Crippen molar-refractivity contribution in [1.82, 2.24) is 9.80 Å². The van der Waals surface area contributed by atoms with Crippen LogP contribution in [-0.4, -0.2) is 58.9 Å². The molecule has 0 radical (unpaired) electrons. The molecule has 0 unspecified atom stereocenters. The third kappa shape index (κ3) is 4.05. The molecule has 2 aliphatic heterocycles. The third-order valence-corrected chi connectivity index (χ3v) is 6.29. The fraction of sp³-hybridized carbons (Fsp3) is 0.440. The standard InChI is InChI=1S/C25H30N2O5/c1-4-26(5-2)11-7-12-27-22(20-8-6-13-31-20)21(24(29)25(27)30)23(28)17-9-10-19-18(15-17)14-16(3)32-19/h6,8-10,13,15-16,22,28H,4-5,7,11-12,14H2,1-3H3/b23-21+/t16-,22+/m1/s1. The van der Waals surface area contributed by atoms with E-state index in [9.17, 15) is 14.7 Å². The minimum atomic E-state index is -0.745. The molecule has 1 fully saturated rings. The number of hydrogen-bond acceptors (Lipinski definition) is 6. The van der Waals surface area contributed by atoms with Gasteiger partial charge in [-0.2, -0.15) is 0 Å². The van der Waals surface area contributed by atoms with Crippen LogP contribution in [0.3, 0.4) is 0 Å². The molecular weight excluding hydrogens is 408 g/mol. The van der Waals surface area contributed by atoms with Crippen LogP contribution in [0.15, 0.2) is 46.6 Å². The van der Waals surface area contributed by atoms with Crippen molar-refractivity contribution in [1.29, 1.82) is 0 Å². The van der Waals surface area contributed by atoms with Crippen LogP contribution in [0.5, 0.6) is 5.75 Å². The fourth-order valence-corrected chi connectivity index (χ4v) is 4.58. The lowest BCUT2D eigenvalue weighted by molar-refractivity contribution is -0.140. The molecule has 1 N–H and O–H groups in total. The predicted molar refractivity (Wildman–Crippen MR) is 120 cm³/mol. The van der Waals surface area contributed by atoms with Gasteiger partial charge in [-0.15, -0.1) is 0 Å². The van der Waals surface area contributed by atoms with Gasteiger partial charge in [0.05, 0.1) is 11.8 Å². The Morgan fingerprint density at radius 1 is 1.22 bits per heavy atom. The van der Waals surface area contributed by atoms with Crippen LogP contribution in [0.2, 0.25) is 0 Å². The van der Waals surface area contributed by atoms with Crippen LogP contribution in [0.1, 0.15) is 50.1 Å². The van der Waals surface area contributed by atoms with E-state index < -0.39 is 17.7 Å². The van der Waals surface area contributed by atoms with Gasteiger partial charge in [0.15, 0.2) is 0 Å². The number of likely N-dealkylation sites (tertiary alicyclic amines) is 1. The SMILES string of the molecule is CCN(CC)CCCN1C(=O)C(=O)/C(=C(/O)c2ccc3c(c2)C[C@@H](C)O3)[C@@H]1c1ccco1. The Morgan fingerprint density at radius 2 is 2.00 bits per heavy atom. The van der Waals surface area contributed by atoms with Crippen LogP contribution >= 0.6 is 0 Å². The van der Waals surface area contributed by atoms with Crippen molar-refractivity contribution in [3.05, 3.63) is 59.1 Å². The summed E-state index contributed by atoms with van der Waals surface area (Å²) >= 11 is 0. The molecule has 0 aliphatic carbocycles. The van der Waals surface area contributed by atoms with Gasteiger partial charge in [0.1, 0.15) is 29.4 Å². The van der Waals surface area contributed by atoms with E-state index >= 15 is 0 Å². The molecule has 7 nitrogen and oxygen atoms in total.